The molecule has 9 nitrogen and oxygen atoms in total. The summed E-state index contributed by atoms with van der Waals surface area (Å²) in [6, 6.07) is 19.5. The van der Waals surface area contributed by atoms with E-state index in [1.165, 1.54) is 31.4 Å². The highest BCUT2D eigenvalue weighted by molar-refractivity contribution is 6.01. The van der Waals surface area contributed by atoms with Crippen molar-refractivity contribution < 1.29 is 18.9 Å². The van der Waals surface area contributed by atoms with Crippen molar-refractivity contribution in [2.45, 2.75) is 0 Å². The number of piperazine rings is 1. The zero-order valence-corrected chi connectivity index (χ0v) is 18.5. The van der Waals surface area contributed by atoms with Gasteiger partial charge in [0.1, 0.15) is 28.9 Å². The Balaban J connectivity index is 1.48. The first-order valence-corrected chi connectivity index (χ1v) is 10.6. The van der Waals surface area contributed by atoms with Gasteiger partial charge >= 0.3 is 0 Å². The molecular formula is C25H22N4O5. The van der Waals surface area contributed by atoms with Crippen molar-refractivity contribution in [3.63, 3.8) is 0 Å². The molecule has 0 aliphatic carbocycles. The molecule has 1 amide bonds. The van der Waals surface area contributed by atoms with Crippen molar-refractivity contribution in [3.8, 4) is 23.1 Å². The number of anilines is 1. The summed E-state index contributed by atoms with van der Waals surface area (Å²) in [6.45, 7) is 2.38. The molecule has 0 unspecified atom stereocenters. The number of nitriles is 1. The van der Waals surface area contributed by atoms with Gasteiger partial charge in [-0.3, -0.25) is 14.9 Å². The smallest absolute Gasteiger partial charge is 0.273 e. The molecule has 0 radical (unpaired) electrons. The van der Waals surface area contributed by atoms with Gasteiger partial charge in [-0.05, 0) is 30.3 Å². The number of rotatable bonds is 6. The Kier molecular flexibility index (Phi) is 6.59. The third-order valence-corrected chi connectivity index (χ3v) is 5.61. The van der Waals surface area contributed by atoms with Crippen LogP contribution in [-0.2, 0) is 4.79 Å². The highest BCUT2D eigenvalue weighted by Crippen LogP contribution is 2.34. The minimum absolute atomic E-state index is 0.0234. The third kappa shape index (κ3) is 4.76. The molecule has 9 heteroatoms. The van der Waals surface area contributed by atoms with E-state index >= 15 is 0 Å². The van der Waals surface area contributed by atoms with Gasteiger partial charge in [-0.2, -0.15) is 5.26 Å². The van der Waals surface area contributed by atoms with Crippen molar-refractivity contribution in [1.29, 1.82) is 5.26 Å². The monoisotopic (exact) mass is 458 g/mol. The van der Waals surface area contributed by atoms with E-state index in [4.69, 9.17) is 9.15 Å². The summed E-state index contributed by atoms with van der Waals surface area (Å²) in [5.74, 6) is 0.662. The van der Waals surface area contributed by atoms with Gasteiger partial charge in [0.15, 0.2) is 0 Å². The van der Waals surface area contributed by atoms with Crippen LogP contribution in [0.5, 0.6) is 5.75 Å². The maximum atomic E-state index is 12.9. The lowest BCUT2D eigenvalue weighted by molar-refractivity contribution is -0.384. The Bertz CT molecular complexity index is 1270. The molecule has 0 N–H and O–H groups in total. The maximum Gasteiger partial charge on any atom is 0.273 e. The van der Waals surface area contributed by atoms with Gasteiger partial charge in [0.25, 0.3) is 11.6 Å². The van der Waals surface area contributed by atoms with Gasteiger partial charge in [0.05, 0.1) is 23.7 Å². The Morgan fingerprint density at radius 1 is 1.12 bits per heavy atom. The van der Waals surface area contributed by atoms with Crippen molar-refractivity contribution in [3.05, 3.63) is 82.1 Å². The number of ether oxygens (including phenoxy) is 1. The van der Waals surface area contributed by atoms with E-state index in [9.17, 15) is 20.2 Å². The lowest BCUT2D eigenvalue weighted by atomic mass is 10.1. The minimum atomic E-state index is -0.507. The molecule has 3 aromatic rings. The number of furan rings is 1. The fourth-order valence-electron chi connectivity index (χ4n) is 3.83. The maximum absolute atomic E-state index is 12.9. The normalized spacial score (nSPS) is 13.9. The third-order valence-electron chi connectivity index (χ3n) is 5.61. The number of hydrogen-bond donors (Lipinski definition) is 0. The second-order valence-electron chi connectivity index (χ2n) is 7.63. The molecule has 172 valence electrons. The minimum Gasteiger partial charge on any atom is -0.496 e. The standard InChI is InChI=1S/C25H22N4O5/c1-33-24-16-20(29(31)32)7-9-22(24)23-10-8-21(34-23)15-18(17-26)25(30)28-13-11-27(12-14-28)19-5-3-2-4-6-19/h2-10,15-16H,11-14H2,1H3/b18-15-. The predicted octanol–water partition coefficient (Wildman–Crippen LogP) is 4.12. The first kappa shape index (κ1) is 22.6. The summed E-state index contributed by atoms with van der Waals surface area (Å²) >= 11 is 0. The van der Waals surface area contributed by atoms with Gasteiger partial charge in [-0.25, -0.2) is 0 Å². The largest absolute Gasteiger partial charge is 0.496 e. The number of carbonyl (C=O) groups is 1. The molecule has 0 spiro atoms. The molecule has 1 aliphatic rings. The first-order chi connectivity index (χ1) is 16.5. The average molecular weight is 458 g/mol. The number of non-ortho nitro benzene ring substituents is 1. The summed E-state index contributed by atoms with van der Waals surface area (Å²) in [6.07, 6.45) is 1.41. The van der Waals surface area contributed by atoms with Crippen LogP contribution in [0, 0.1) is 21.4 Å². The molecule has 2 aromatic carbocycles. The number of para-hydroxylation sites is 1. The SMILES string of the molecule is COc1cc([N+](=O)[O-])ccc1-c1ccc(/C=C(/C#N)C(=O)N2CCN(c3ccccc3)CC2)o1. The first-order valence-electron chi connectivity index (χ1n) is 10.6. The lowest BCUT2D eigenvalue weighted by Crippen LogP contribution is -2.49. The molecule has 0 saturated carbocycles. The van der Waals surface area contributed by atoms with Gasteiger partial charge in [0.2, 0.25) is 0 Å². The molecule has 1 aliphatic heterocycles. The van der Waals surface area contributed by atoms with E-state index < -0.39 is 4.92 Å². The van der Waals surface area contributed by atoms with E-state index in [2.05, 4.69) is 4.90 Å². The van der Waals surface area contributed by atoms with Crippen LogP contribution in [0.25, 0.3) is 17.4 Å². The fourth-order valence-corrected chi connectivity index (χ4v) is 3.83. The predicted molar refractivity (Wildman–Crippen MR) is 126 cm³/mol. The molecule has 1 saturated heterocycles. The zero-order valence-electron chi connectivity index (χ0n) is 18.5. The van der Waals surface area contributed by atoms with E-state index in [1.807, 2.05) is 36.4 Å². The van der Waals surface area contributed by atoms with Gasteiger partial charge in [-0.1, -0.05) is 18.2 Å². The quantitative estimate of drug-likeness (QED) is 0.236. The summed E-state index contributed by atoms with van der Waals surface area (Å²) in [4.78, 5) is 27.3. The number of nitro benzene ring substituents is 1. The van der Waals surface area contributed by atoms with Gasteiger partial charge in [0, 0.05) is 44.0 Å². The van der Waals surface area contributed by atoms with Crippen molar-refractivity contribution >= 4 is 23.4 Å². The summed E-state index contributed by atoms with van der Waals surface area (Å²) < 4.78 is 11.1. The number of methoxy groups -OCH3 is 1. The van der Waals surface area contributed by atoms with Gasteiger partial charge in [-0.15, -0.1) is 0 Å². The highest BCUT2D eigenvalue weighted by atomic mass is 16.6. The number of nitrogens with zero attached hydrogens (tertiary/aromatic N) is 4. The van der Waals surface area contributed by atoms with E-state index in [1.54, 1.807) is 17.0 Å². The van der Waals surface area contributed by atoms with Crippen LogP contribution in [0.4, 0.5) is 11.4 Å². The second kappa shape index (κ2) is 9.92. The Labute approximate surface area is 196 Å². The summed E-state index contributed by atoms with van der Waals surface area (Å²) in [5, 5.41) is 20.6. The zero-order chi connectivity index (χ0) is 24.1. The van der Waals surface area contributed by atoms with Crippen molar-refractivity contribution in [2.75, 3.05) is 38.2 Å². The topological polar surface area (TPSA) is 113 Å². The number of amides is 1. The fraction of sp³-hybridized carbons (Fsp3) is 0.200. The average Bonchev–Trinajstić information content (AvgIpc) is 3.35. The van der Waals surface area contributed by atoms with E-state index in [0.29, 0.717) is 43.3 Å². The van der Waals surface area contributed by atoms with Crippen LogP contribution in [0.1, 0.15) is 5.76 Å². The van der Waals surface area contributed by atoms with Crippen molar-refractivity contribution in [1.82, 2.24) is 4.90 Å². The van der Waals surface area contributed by atoms with Crippen LogP contribution in [0.2, 0.25) is 0 Å². The van der Waals surface area contributed by atoms with Crippen LogP contribution in [-0.4, -0.2) is 49.0 Å². The molecular weight excluding hydrogens is 436 g/mol. The number of benzene rings is 2. The van der Waals surface area contributed by atoms with Crippen LogP contribution >= 0.6 is 0 Å². The highest BCUT2D eigenvalue weighted by Gasteiger charge is 2.24. The second-order valence-corrected chi connectivity index (χ2v) is 7.63. The molecule has 2 heterocycles. The number of carbonyl (C=O) groups excluding carboxylic acids is 1. The lowest BCUT2D eigenvalue weighted by Gasteiger charge is -2.36. The molecule has 34 heavy (non-hydrogen) atoms. The van der Waals surface area contributed by atoms with Crippen LogP contribution < -0.4 is 9.64 Å². The van der Waals surface area contributed by atoms with E-state index in [-0.39, 0.29) is 22.9 Å². The summed E-state index contributed by atoms with van der Waals surface area (Å²) in [5.41, 5.74) is 1.51. The van der Waals surface area contributed by atoms with Crippen LogP contribution in [0.15, 0.2) is 70.7 Å². The summed E-state index contributed by atoms with van der Waals surface area (Å²) in [7, 11) is 1.41. The Hall–Kier alpha value is -4.58. The van der Waals surface area contributed by atoms with E-state index in [0.717, 1.165) is 5.69 Å². The van der Waals surface area contributed by atoms with Gasteiger partial charge < -0.3 is 19.0 Å². The molecule has 4 rings (SSSR count). The van der Waals surface area contributed by atoms with Crippen molar-refractivity contribution in [2.24, 2.45) is 0 Å². The molecule has 1 fully saturated rings. The number of nitro groups is 1. The Morgan fingerprint density at radius 2 is 1.85 bits per heavy atom. The molecule has 0 bridgehead atoms. The molecule has 1 aromatic heterocycles. The molecule has 0 atom stereocenters. The number of hydrogen-bond acceptors (Lipinski definition) is 7. The van der Waals surface area contributed by atoms with Crippen LogP contribution in [0.3, 0.4) is 0 Å². The Morgan fingerprint density at radius 3 is 2.50 bits per heavy atom.